The van der Waals surface area contributed by atoms with E-state index in [-0.39, 0.29) is 5.75 Å². The molecular weight excluding hydrogens is 340 g/mol. The van der Waals surface area contributed by atoms with Gasteiger partial charge in [-0.25, -0.2) is 4.79 Å². The largest absolute Gasteiger partial charge is 0.366 e. The Bertz CT molecular complexity index is 431. The molecule has 0 spiro atoms. The molecule has 0 bridgehead atoms. The van der Waals surface area contributed by atoms with Crippen molar-refractivity contribution in [3.05, 3.63) is 12.7 Å². The quantitative estimate of drug-likeness (QED) is 0.137. The molecule has 0 aliphatic heterocycles. The van der Waals surface area contributed by atoms with Crippen LogP contribution in [-0.2, 0) is 24.1 Å². The van der Waals surface area contributed by atoms with E-state index >= 15 is 0 Å². The minimum atomic E-state index is -3.79. The molecule has 0 heterocycles. The third-order valence-corrected chi connectivity index (χ3v) is 5.20. The Morgan fingerprint density at radius 2 is 1.20 bits per heavy atom. The Hall–Kier alpha value is -0.880. The van der Waals surface area contributed by atoms with E-state index in [1.165, 1.54) is 64.2 Å². The van der Waals surface area contributed by atoms with Crippen LogP contribution in [0.15, 0.2) is 12.7 Å². The van der Waals surface area contributed by atoms with Gasteiger partial charge >= 0.3 is 16.1 Å². The lowest BCUT2D eigenvalue weighted by Gasteiger charge is -2.04. The summed E-state index contributed by atoms with van der Waals surface area (Å²) >= 11 is 0. The average molecular weight is 377 g/mol. The van der Waals surface area contributed by atoms with Crippen LogP contribution < -0.4 is 0 Å². The minimum absolute atomic E-state index is 0.130. The maximum absolute atomic E-state index is 11.4. The lowest BCUT2D eigenvalue weighted by molar-refractivity contribution is -0.204. The third kappa shape index (κ3) is 17.7. The second-order valence-electron chi connectivity index (χ2n) is 6.53. The number of carbonyl (C=O) groups is 1. The fourth-order valence-corrected chi connectivity index (χ4v) is 3.42. The molecule has 0 saturated heterocycles. The molecule has 0 unspecified atom stereocenters. The van der Waals surface area contributed by atoms with Gasteiger partial charge in [0.1, 0.15) is 0 Å². The molecule has 0 aromatic heterocycles. The highest BCUT2D eigenvalue weighted by Crippen LogP contribution is 2.13. The Morgan fingerprint density at radius 3 is 1.60 bits per heavy atom. The first-order chi connectivity index (χ1) is 12.0. The van der Waals surface area contributed by atoms with Gasteiger partial charge in [0.2, 0.25) is 0 Å². The molecule has 0 fully saturated rings. The monoisotopic (exact) mass is 376 g/mol. The molecule has 0 aromatic carbocycles. The predicted molar refractivity (Wildman–Crippen MR) is 101 cm³/mol. The summed E-state index contributed by atoms with van der Waals surface area (Å²) in [4.78, 5) is 14.8. The van der Waals surface area contributed by atoms with E-state index in [1.807, 2.05) is 0 Å². The van der Waals surface area contributed by atoms with Crippen molar-refractivity contribution < 1.29 is 22.4 Å². The van der Waals surface area contributed by atoms with Gasteiger partial charge in [-0.15, -0.1) is 0 Å². The van der Waals surface area contributed by atoms with Crippen LogP contribution in [0.3, 0.4) is 0 Å². The number of carbonyl (C=O) groups excluding carboxylic acids is 1. The molecule has 0 aromatic rings. The van der Waals surface area contributed by atoms with Crippen molar-refractivity contribution in [1.29, 1.82) is 0 Å². The normalized spacial score (nSPS) is 11.4. The molecule has 0 amide bonds. The zero-order chi connectivity index (χ0) is 18.8. The van der Waals surface area contributed by atoms with Gasteiger partial charge < -0.3 is 0 Å². The average Bonchev–Trinajstić information content (AvgIpc) is 2.60. The zero-order valence-corrected chi connectivity index (χ0v) is 16.7. The van der Waals surface area contributed by atoms with Crippen molar-refractivity contribution in [1.82, 2.24) is 0 Å². The Kier molecular flexibility index (Phi) is 16.0. The van der Waals surface area contributed by atoms with Crippen molar-refractivity contribution in [2.24, 2.45) is 0 Å². The van der Waals surface area contributed by atoms with Gasteiger partial charge in [-0.3, -0.25) is 4.89 Å². The summed E-state index contributed by atoms with van der Waals surface area (Å²) in [5, 5.41) is 0. The van der Waals surface area contributed by atoms with Crippen LogP contribution in [0.5, 0.6) is 0 Å². The van der Waals surface area contributed by atoms with Crippen molar-refractivity contribution in [3.8, 4) is 0 Å². The number of hydrogen-bond donors (Lipinski definition) is 0. The predicted octanol–water partition coefficient (Wildman–Crippen LogP) is 5.46. The molecule has 148 valence electrons. The Morgan fingerprint density at radius 1 is 0.800 bits per heavy atom. The first kappa shape index (κ1) is 24.1. The standard InChI is InChI=1S/C19H36O5S/c1-3-5-6-7-8-9-10-11-12-13-14-15-16-17-18-25(21,22)24-23-19(20)4-2/h4H,2-3,5-18H2,1H3. The number of unbranched alkanes of at least 4 members (excludes halogenated alkanes) is 13. The van der Waals surface area contributed by atoms with Crippen LogP contribution in [0.4, 0.5) is 0 Å². The first-order valence-electron chi connectivity index (χ1n) is 9.77. The number of rotatable bonds is 18. The Balaban J connectivity index is 3.33. The molecule has 6 heteroatoms. The molecular formula is C19H36O5S. The summed E-state index contributed by atoms with van der Waals surface area (Å²) in [6.45, 7) is 5.40. The van der Waals surface area contributed by atoms with E-state index in [0.29, 0.717) is 6.42 Å². The molecule has 0 rings (SSSR count). The second kappa shape index (κ2) is 16.6. The van der Waals surface area contributed by atoms with E-state index in [9.17, 15) is 13.2 Å². The third-order valence-electron chi connectivity index (χ3n) is 4.13. The van der Waals surface area contributed by atoms with Crippen LogP contribution >= 0.6 is 0 Å². The van der Waals surface area contributed by atoms with Crippen molar-refractivity contribution >= 4 is 16.1 Å². The lowest BCUT2D eigenvalue weighted by atomic mass is 10.0. The maximum Gasteiger partial charge on any atom is 0.366 e. The topological polar surface area (TPSA) is 69.7 Å². The summed E-state index contributed by atoms with van der Waals surface area (Å²) in [6, 6.07) is 0. The molecule has 0 N–H and O–H groups in total. The molecule has 0 radical (unpaired) electrons. The van der Waals surface area contributed by atoms with Gasteiger partial charge in [0.25, 0.3) is 0 Å². The summed E-state index contributed by atoms with van der Waals surface area (Å²) in [6.07, 6.45) is 17.7. The molecule has 0 atom stereocenters. The van der Waals surface area contributed by atoms with E-state index in [4.69, 9.17) is 0 Å². The van der Waals surface area contributed by atoms with Crippen LogP contribution in [0.25, 0.3) is 0 Å². The van der Waals surface area contributed by atoms with Crippen LogP contribution in [0, 0.1) is 0 Å². The summed E-state index contributed by atoms with van der Waals surface area (Å²) < 4.78 is 27.0. The summed E-state index contributed by atoms with van der Waals surface area (Å²) in [7, 11) is -3.79. The van der Waals surface area contributed by atoms with Gasteiger partial charge in [-0.05, 0) is 6.42 Å². The van der Waals surface area contributed by atoms with Gasteiger partial charge in [-0.1, -0.05) is 101 Å². The number of hydrogen-bond acceptors (Lipinski definition) is 5. The van der Waals surface area contributed by atoms with E-state index in [1.54, 1.807) is 0 Å². The van der Waals surface area contributed by atoms with Gasteiger partial charge in [0.15, 0.2) is 0 Å². The van der Waals surface area contributed by atoms with Crippen molar-refractivity contribution in [2.45, 2.75) is 96.8 Å². The molecule has 0 saturated carbocycles. The second-order valence-corrected chi connectivity index (χ2v) is 8.19. The Labute approximate surface area is 154 Å². The van der Waals surface area contributed by atoms with Gasteiger partial charge in [-0.2, -0.15) is 8.42 Å². The van der Waals surface area contributed by atoms with Gasteiger partial charge in [0, 0.05) is 6.08 Å². The van der Waals surface area contributed by atoms with E-state index in [2.05, 4.69) is 22.7 Å². The highest BCUT2D eigenvalue weighted by atomic mass is 32.2. The maximum atomic E-state index is 11.4. The van der Waals surface area contributed by atoms with Gasteiger partial charge in [0.05, 0.1) is 5.75 Å². The van der Waals surface area contributed by atoms with Crippen LogP contribution in [-0.4, -0.2) is 20.1 Å². The molecule has 5 nitrogen and oxygen atoms in total. The lowest BCUT2D eigenvalue weighted by Crippen LogP contribution is -2.13. The van der Waals surface area contributed by atoms with Crippen molar-refractivity contribution in [2.75, 3.05) is 5.75 Å². The van der Waals surface area contributed by atoms with Crippen molar-refractivity contribution in [3.63, 3.8) is 0 Å². The minimum Gasteiger partial charge on any atom is -0.277 e. The fourth-order valence-electron chi connectivity index (χ4n) is 2.63. The van der Waals surface area contributed by atoms with Crippen LogP contribution in [0.2, 0.25) is 0 Å². The SMILES string of the molecule is C=CC(=O)OOS(=O)(=O)CCCCCCCCCCCCCCCC. The molecule has 0 aliphatic rings. The highest BCUT2D eigenvalue weighted by molar-refractivity contribution is 7.86. The summed E-state index contributed by atoms with van der Waals surface area (Å²) in [5.74, 6) is -1.04. The molecule has 0 aliphatic carbocycles. The smallest absolute Gasteiger partial charge is 0.277 e. The van der Waals surface area contributed by atoms with E-state index in [0.717, 1.165) is 25.3 Å². The first-order valence-corrected chi connectivity index (χ1v) is 11.3. The zero-order valence-electron chi connectivity index (χ0n) is 15.8. The highest BCUT2D eigenvalue weighted by Gasteiger charge is 2.14. The van der Waals surface area contributed by atoms with E-state index < -0.39 is 16.1 Å². The fraction of sp³-hybridized carbons (Fsp3) is 0.842. The van der Waals surface area contributed by atoms with Crippen LogP contribution in [0.1, 0.15) is 96.8 Å². The molecule has 25 heavy (non-hydrogen) atoms. The summed E-state index contributed by atoms with van der Waals surface area (Å²) in [5.41, 5.74) is 0.